The maximum atomic E-state index is 8.73. The van der Waals surface area contributed by atoms with Gasteiger partial charge in [0.05, 0.1) is 6.07 Å². The summed E-state index contributed by atoms with van der Waals surface area (Å²) in [5.41, 5.74) is 3.71. The summed E-state index contributed by atoms with van der Waals surface area (Å²) in [5, 5.41) is 11.3. The van der Waals surface area contributed by atoms with Gasteiger partial charge in [-0.2, -0.15) is 5.26 Å². The Labute approximate surface area is 88.3 Å². The second kappa shape index (κ2) is 2.96. The molecule has 0 aromatic heterocycles. The molecule has 2 aromatic rings. The third-order valence-electron chi connectivity index (χ3n) is 2.96. The lowest BCUT2D eigenvalue weighted by atomic mass is 10.0. The Bertz CT molecular complexity index is 610. The van der Waals surface area contributed by atoms with E-state index in [2.05, 4.69) is 42.5 Å². The van der Waals surface area contributed by atoms with Crippen LogP contribution in [0, 0.1) is 11.3 Å². The predicted octanol–water partition coefficient (Wildman–Crippen LogP) is 3.30. The molecular weight excluding hydrogens is 182 g/mol. The standard InChI is InChI=1S/C14H9N/c15-8-7-11-9-12-5-1-3-10-4-2-6-13(11)14(10)12/h1-7H,9H2/b11-7-. The van der Waals surface area contributed by atoms with Gasteiger partial charge in [0.15, 0.2) is 0 Å². The summed E-state index contributed by atoms with van der Waals surface area (Å²) in [6.07, 6.45) is 2.55. The van der Waals surface area contributed by atoms with Crippen molar-refractivity contribution in [2.75, 3.05) is 0 Å². The average molecular weight is 191 g/mol. The van der Waals surface area contributed by atoms with Crippen molar-refractivity contribution in [2.24, 2.45) is 0 Å². The number of nitrogens with zero attached hydrogens (tertiary/aromatic N) is 1. The molecule has 0 bridgehead atoms. The molecule has 1 heteroatoms. The molecule has 0 saturated carbocycles. The minimum atomic E-state index is 0.893. The van der Waals surface area contributed by atoms with Crippen LogP contribution in [0.5, 0.6) is 0 Å². The number of rotatable bonds is 0. The number of nitriles is 1. The van der Waals surface area contributed by atoms with E-state index in [4.69, 9.17) is 5.26 Å². The molecule has 0 aliphatic heterocycles. The van der Waals surface area contributed by atoms with Crippen molar-refractivity contribution >= 4 is 16.3 Å². The van der Waals surface area contributed by atoms with Crippen molar-refractivity contribution < 1.29 is 0 Å². The Hall–Kier alpha value is -2.07. The van der Waals surface area contributed by atoms with Gasteiger partial charge in [-0.3, -0.25) is 0 Å². The average Bonchev–Trinajstić information content (AvgIpc) is 2.61. The summed E-state index contributed by atoms with van der Waals surface area (Å²) >= 11 is 0. The van der Waals surface area contributed by atoms with Gasteiger partial charge in [-0.1, -0.05) is 36.4 Å². The number of allylic oxidation sites excluding steroid dienone is 2. The third kappa shape index (κ3) is 1.08. The highest BCUT2D eigenvalue weighted by atomic mass is 14.2. The molecule has 0 fully saturated rings. The second-order valence-electron chi connectivity index (χ2n) is 3.80. The van der Waals surface area contributed by atoms with Crippen molar-refractivity contribution in [1.82, 2.24) is 0 Å². The largest absolute Gasteiger partial charge is 0.193 e. The molecule has 0 saturated heterocycles. The Kier molecular flexibility index (Phi) is 1.63. The highest BCUT2D eigenvalue weighted by Gasteiger charge is 2.17. The van der Waals surface area contributed by atoms with Crippen molar-refractivity contribution in [3.05, 3.63) is 53.6 Å². The molecular formula is C14H9N. The van der Waals surface area contributed by atoms with Crippen molar-refractivity contribution in [1.29, 1.82) is 5.26 Å². The molecule has 15 heavy (non-hydrogen) atoms. The summed E-state index contributed by atoms with van der Waals surface area (Å²) in [5.74, 6) is 0. The predicted molar refractivity (Wildman–Crippen MR) is 61.2 cm³/mol. The van der Waals surface area contributed by atoms with Gasteiger partial charge < -0.3 is 0 Å². The first-order chi connectivity index (χ1) is 7.40. The molecule has 2 aromatic carbocycles. The molecule has 3 rings (SSSR count). The first kappa shape index (κ1) is 8.26. The zero-order valence-electron chi connectivity index (χ0n) is 8.20. The lowest BCUT2D eigenvalue weighted by molar-refractivity contribution is 1.37. The summed E-state index contributed by atoms with van der Waals surface area (Å²) in [6, 6.07) is 14.7. The maximum absolute atomic E-state index is 8.73. The summed E-state index contributed by atoms with van der Waals surface area (Å²) in [6.45, 7) is 0. The quantitative estimate of drug-likeness (QED) is 0.586. The molecule has 1 aliphatic rings. The fourth-order valence-electron chi connectivity index (χ4n) is 2.34. The van der Waals surface area contributed by atoms with E-state index in [-0.39, 0.29) is 0 Å². The second-order valence-corrected chi connectivity index (χ2v) is 3.80. The number of hydrogen-bond acceptors (Lipinski definition) is 1. The Morgan fingerprint density at radius 1 is 1.13 bits per heavy atom. The molecule has 0 heterocycles. The van der Waals surface area contributed by atoms with Gasteiger partial charge in [0.2, 0.25) is 0 Å². The molecule has 70 valence electrons. The Morgan fingerprint density at radius 2 is 1.93 bits per heavy atom. The highest BCUT2D eigenvalue weighted by molar-refractivity contribution is 6.01. The van der Waals surface area contributed by atoms with Gasteiger partial charge in [0.25, 0.3) is 0 Å². The van der Waals surface area contributed by atoms with E-state index in [0.29, 0.717) is 0 Å². The van der Waals surface area contributed by atoms with Crippen LogP contribution >= 0.6 is 0 Å². The number of hydrogen-bond donors (Lipinski definition) is 0. The van der Waals surface area contributed by atoms with Gasteiger partial charge in [0.1, 0.15) is 0 Å². The van der Waals surface area contributed by atoms with Crippen molar-refractivity contribution in [3.63, 3.8) is 0 Å². The van der Waals surface area contributed by atoms with E-state index in [9.17, 15) is 0 Å². The van der Waals surface area contributed by atoms with E-state index < -0.39 is 0 Å². The fraction of sp³-hybridized carbons (Fsp3) is 0.0714. The van der Waals surface area contributed by atoms with E-state index in [1.165, 1.54) is 21.9 Å². The first-order valence-electron chi connectivity index (χ1n) is 5.00. The van der Waals surface area contributed by atoms with Gasteiger partial charge in [-0.15, -0.1) is 0 Å². The maximum Gasteiger partial charge on any atom is 0.0915 e. The van der Waals surface area contributed by atoms with E-state index in [1.807, 2.05) is 0 Å². The smallest absolute Gasteiger partial charge is 0.0915 e. The molecule has 0 N–H and O–H groups in total. The molecule has 0 unspecified atom stereocenters. The minimum Gasteiger partial charge on any atom is -0.193 e. The summed E-state index contributed by atoms with van der Waals surface area (Å²) in [4.78, 5) is 0. The van der Waals surface area contributed by atoms with Gasteiger partial charge in [-0.25, -0.2) is 0 Å². The van der Waals surface area contributed by atoms with Crippen LogP contribution in [0.15, 0.2) is 42.5 Å². The van der Waals surface area contributed by atoms with Crippen LogP contribution in [-0.4, -0.2) is 0 Å². The van der Waals surface area contributed by atoms with Gasteiger partial charge >= 0.3 is 0 Å². The van der Waals surface area contributed by atoms with E-state index in [1.54, 1.807) is 6.08 Å². The van der Waals surface area contributed by atoms with Crippen LogP contribution in [0.3, 0.4) is 0 Å². The molecule has 1 nitrogen and oxygen atoms in total. The monoisotopic (exact) mass is 191 g/mol. The number of benzene rings is 2. The van der Waals surface area contributed by atoms with Crippen LogP contribution in [0.1, 0.15) is 11.1 Å². The minimum absolute atomic E-state index is 0.893. The summed E-state index contributed by atoms with van der Waals surface area (Å²) in [7, 11) is 0. The Balaban J connectivity index is 2.42. The van der Waals surface area contributed by atoms with Crippen molar-refractivity contribution in [2.45, 2.75) is 6.42 Å². The van der Waals surface area contributed by atoms with E-state index >= 15 is 0 Å². The van der Waals surface area contributed by atoms with Gasteiger partial charge in [0, 0.05) is 6.08 Å². The van der Waals surface area contributed by atoms with Crippen LogP contribution in [-0.2, 0) is 6.42 Å². The van der Waals surface area contributed by atoms with Crippen molar-refractivity contribution in [3.8, 4) is 6.07 Å². The molecule has 1 aliphatic carbocycles. The Morgan fingerprint density at radius 3 is 2.73 bits per heavy atom. The normalized spacial score (nSPS) is 15.8. The van der Waals surface area contributed by atoms with Crippen LogP contribution in [0.4, 0.5) is 0 Å². The summed E-state index contributed by atoms with van der Waals surface area (Å²) < 4.78 is 0. The lowest BCUT2D eigenvalue weighted by Crippen LogP contribution is -1.77. The molecule has 0 atom stereocenters. The molecule has 0 spiro atoms. The third-order valence-corrected chi connectivity index (χ3v) is 2.96. The zero-order chi connectivity index (χ0) is 10.3. The fourth-order valence-corrected chi connectivity index (χ4v) is 2.34. The van der Waals surface area contributed by atoms with Crippen LogP contribution in [0.25, 0.3) is 16.3 Å². The van der Waals surface area contributed by atoms with Gasteiger partial charge in [-0.05, 0) is 33.9 Å². The van der Waals surface area contributed by atoms with Crippen LogP contribution < -0.4 is 0 Å². The first-order valence-corrected chi connectivity index (χ1v) is 5.00. The highest BCUT2D eigenvalue weighted by Crippen LogP contribution is 2.37. The topological polar surface area (TPSA) is 23.8 Å². The van der Waals surface area contributed by atoms with Crippen LogP contribution in [0.2, 0.25) is 0 Å². The van der Waals surface area contributed by atoms with E-state index in [0.717, 1.165) is 12.0 Å². The molecule has 0 amide bonds. The molecule has 0 radical (unpaired) electrons. The lowest BCUT2D eigenvalue weighted by Gasteiger charge is -1.99. The zero-order valence-corrected chi connectivity index (χ0v) is 8.20. The SMILES string of the molecule is N#C/C=C1/Cc2cccc3cccc1c23.